The lowest BCUT2D eigenvalue weighted by Crippen LogP contribution is -2.45. The molecular weight excluding hydrogens is 787 g/mol. The number of aliphatic carboxylic acids is 2. The van der Waals surface area contributed by atoms with E-state index >= 15 is 0 Å². The Kier molecular flexibility index (Phi) is 20.8. The van der Waals surface area contributed by atoms with E-state index in [-0.39, 0.29) is 87.7 Å². The van der Waals surface area contributed by atoms with Crippen LogP contribution in [0.25, 0.3) is 0 Å². The van der Waals surface area contributed by atoms with Gasteiger partial charge in [-0.15, -0.1) is 0 Å². The number of imidazole rings is 1. The van der Waals surface area contributed by atoms with Crippen molar-refractivity contribution in [1.82, 2.24) is 20.2 Å². The Morgan fingerprint density at radius 2 is 1.52 bits per heavy atom. The minimum absolute atomic E-state index is 0.0889. The van der Waals surface area contributed by atoms with Crippen LogP contribution in [0.3, 0.4) is 0 Å². The molecule has 16 nitrogen and oxygen atoms in total. The number of ketones is 5. The highest BCUT2D eigenvalue weighted by molar-refractivity contribution is 5.98. The van der Waals surface area contributed by atoms with E-state index in [1.54, 1.807) is 30.3 Å². The SMILES string of the molecule is CC(=O)NC(CC(C)C)C(=O)CCC(=O)CC(Cc1cnc[nH]1)C(=O)N1CCCC1C(=O)CC(CC(=O)O)C(=O)CC(CCCCN)C(=O)CC(Cc1ccccc1)C(=O)O. The molecule has 6 unspecified atom stereocenters. The Morgan fingerprint density at radius 1 is 0.836 bits per heavy atom. The summed E-state index contributed by atoms with van der Waals surface area (Å²) >= 11 is 0. The first-order chi connectivity index (χ1) is 29.0. The molecule has 1 aromatic heterocycles. The van der Waals surface area contributed by atoms with Gasteiger partial charge in [0.15, 0.2) is 11.6 Å². The normalized spacial score (nSPS) is 16.3. The molecule has 1 aromatic carbocycles. The van der Waals surface area contributed by atoms with E-state index in [1.807, 2.05) is 13.8 Å². The lowest BCUT2D eigenvalue weighted by molar-refractivity contribution is -0.145. The molecule has 1 aliphatic rings. The number of Topliss-reactive ketones (excluding diaryl/α,β-unsaturated/α-hetero) is 5. The van der Waals surface area contributed by atoms with Crippen LogP contribution in [0.5, 0.6) is 0 Å². The molecule has 2 aromatic rings. The first-order valence-electron chi connectivity index (χ1n) is 21.3. The molecule has 6 atom stereocenters. The fourth-order valence-corrected chi connectivity index (χ4v) is 8.08. The fraction of sp³-hybridized carbons (Fsp3) is 0.600. The van der Waals surface area contributed by atoms with Crippen LogP contribution in [-0.2, 0) is 56.0 Å². The molecule has 0 spiro atoms. The minimum Gasteiger partial charge on any atom is -0.481 e. The van der Waals surface area contributed by atoms with Crippen molar-refractivity contribution in [2.24, 2.45) is 35.3 Å². The van der Waals surface area contributed by atoms with Gasteiger partial charge in [0.1, 0.15) is 17.3 Å². The second kappa shape index (κ2) is 25.4. The van der Waals surface area contributed by atoms with E-state index in [0.717, 1.165) is 5.56 Å². The Morgan fingerprint density at radius 3 is 2.13 bits per heavy atom. The highest BCUT2D eigenvalue weighted by Crippen LogP contribution is 2.29. The maximum Gasteiger partial charge on any atom is 0.307 e. The molecule has 0 aliphatic carbocycles. The average Bonchev–Trinajstić information content (AvgIpc) is 3.91. The van der Waals surface area contributed by atoms with Gasteiger partial charge in [0.05, 0.1) is 36.7 Å². The third-order valence-corrected chi connectivity index (χ3v) is 11.2. The summed E-state index contributed by atoms with van der Waals surface area (Å²) in [6.45, 7) is 5.67. The first-order valence-corrected chi connectivity index (χ1v) is 21.3. The van der Waals surface area contributed by atoms with Crippen molar-refractivity contribution in [3.63, 3.8) is 0 Å². The number of unbranched alkanes of at least 4 members (excludes halogenated alkanes) is 1. The van der Waals surface area contributed by atoms with E-state index in [1.165, 1.54) is 24.3 Å². The van der Waals surface area contributed by atoms with E-state index in [9.17, 15) is 53.4 Å². The van der Waals surface area contributed by atoms with Gasteiger partial charge >= 0.3 is 11.9 Å². The molecule has 16 heteroatoms. The summed E-state index contributed by atoms with van der Waals surface area (Å²) in [6.07, 6.45) is 3.13. The van der Waals surface area contributed by atoms with Gasteiger partial charge in [-0.3, -0.25) is 43.2 Å². The molecule has 61 heavy (non-hydrogen) atoms. The summed E-state index contributed by atoms with van der Waals surface area (Å²) in [6, 6.07) is 7.14. The molecule has 2 heterocycles. The Labute approximate surface area is 357 Å². The molecule has 0 saturated carbocycles. The van der Waals surface area contributed by atoms with Crippen molar-refractivity contribution in [1.29, 1.82) is 0 Å². The van der Waals surface area contributed by atoms with Crippen molar-refractivity contribution < 1.29 is 53.4 Å². The van der Waals surface area contributed by atoms with Crippen molar-refractivity contribution in [2.45, 2.75) is 129 Å². The molecule has 2 amide bonds. The summed E-state index contributed by atoms with van der Waals surface area (Å²) in [5.74, 6) is -9.59. The number of nitrogens with two attached hydrogens (primary N) is 1. The third-order valence-electron chi connectivity index (χ3n) is 11.2. The van der Waals surface area contributed by atoms with Crippen molar-refractivity contribution in [3.8, 4) is 0 Å². The van der Waals surface area contributed by atoms with Crippen molar-refractivity contribution in [3.05, 3.63) is 54.1 Å². The molecular formula is C45H63N5O11. The van der Waals surface area contributed by atoms with Crippen LogP contribution in [0.1, 0.15) is 115 Å². The molecule has 1 saturated heterocycles. The number of likely N-dealkylation sites (tertiary alicyclic amines) is 1. The fourth-order valence-electron chi connectivity index (χ4n) is 8.08. The summed E-state index contributed by atoms with van der Waals surface area (Å²) in [7, 11) is 0. The van der Waals surface area contributed by atoms with E-state index in [2.05, 4.69) is 15.3 Å². The van der Waals surface area contributed by atoms with Gasteiger partial charge in [0.25, 0.3) is 0 Å². The first kappa shape index (κ1) is 50.0. The Hall–Kier alpha value is -5.38. The van der Waals surface area contributed by atoms with Crippen LogP contribution in [0, 0.1) is 29.6 Å². The number of hydrogen-bond acceptors (Lipinski definition) is 11. The number of benzene rings is 1. The predicted octanol–water partition coefficient (Wildman–Crippen LogP) is 4.08. The number of H-pyrrole nitrogens is 1. The number of hydrogen-bond donors (Lipinski definition) is 5. The standard InChI is InChI=1S/C45H63N5O11/c1-28(2)18-37(49-29(3)51)39(53)15-14-36(52)21-33(20-35-26-47-27-48-35)44(59)50-17-9-13-38(50)42(56)23-32(25-43(57)58)41(55)22-31(12-7-8-16-46)40(54)24-34(45(60)61)19-30-10-5-4-6-11-30/h4-6,10-11,26-28,31-34,37-38H,7-9,12-25,46H2,1-3H3,(H,47,48)(H,49,51)(H,57,58)(H,60,61). The Balaban J connectivity index is 1.76. The number of carboxylic acid groups (broad SMARTS) is 2. The topological polar surface area (TPSA) is 264 Å². The smallest absolute Gasteiger partial charge is 0.307 e. The van der Waals surface area contributed by atoms with Crippen LogP contribution in [0.4, 0.5) is 0 Å². The van der Waals surface area contributed by atoms with E-state index in [4.69, 9.17) is 5.73 Å². The molecule has 0 bridgehead atoms. The van der Waals surface area contributed by atoms with Crippen LogP contribution in [0.2, 0.25) is 0 Å². The zero-order valence-corrected chi connectivity index (χ0v) is 35.6. The molecule has 3 rings (SSSR count). The second-order valence-corrected chi connectivity index (χ2v) is 16.8. The highest BCUT2D eigenvalue weighted by atomic mass is 16.4. The molecule has 334 valence electrons. The number of carboxylic acids is 2. The lowest BCUT2D eigenvalue weighted by Gasteiger charge is -2.29. The lowest BCUT2D eigenvalue weighted by atomic mass is 9.81. The number of amides is 2. The van der Waals surface area contributed by atoms with E-state index in [0.29, 0.717) is 37.9 Å². The second-order valence-electron chi connectivity index (χ2n) is 16.8. The van der Waals surface area contributed by atoms with Gasteiger partial charge < -0.3 is 31.1 Å². The van der Waals surface area contributed by atoms with Crippen LogP contribution < -0.4 is 11.1 Å². The molecule has 1 fully saturated rings. The Bertz CT molecular complexity index is 1810. The zero-order valence-electron chi connectivity index (χ0n) is 35.6. The van der Waals surface area contributed by atoms with Crippen molar-refractivity contribution in [2.75, 3.05) is 13.1 Å². The highest BCUT2D eigenvalue weighted by Gasteiger charge is 2.40. The summed E-state index contributed by atoms with van der Waals surface area (Å²) in [5, 5.41) is 22.4. The van der Waals surface area contributed by atoms with Crippen LogP contribution in [-0.4, -0.2) is 103 Å². The summed E-state index contributed by atoms with van der Waals surface area (Å²) in [4.78, 5) is 126. The maximum absolute atomic E-state index is 14.2. The van der Waals surface area contributed by atoms with Crippen LogP contribution in [0.15, 0.2) is 42.9 Å². The number of nitrogens with zero attached hydrogens (tertiary/aromatic N) is 2. The zero-order chi connectivity index (χ0) is 45.1. The van der Waals surface area contributed by atoms with Gasteiger partial charge in [-0.25, -0.2) is 4.98 Å². The number of aromatic amines is 1. The summed E-state index contributed by atoms with van der Waals surface area (Å²) < 4.78 is 0. The number of carbonyl (C=O) groups excluding carboxylic acids is 7. The molecule has 1 aliphatic heterocycles. The molecule has 6 N–H and O–H groups in total. The average molecular weight is 850 g/mol. The monoisotopic (exact) mass is 849 g/mol. The van der Waals surface area contributed by atoms with Crippen LogP contribution >= 0.6 is 0 Å². The van der Waals surface area contributed by atoms with Gasteiger partial charge in [0, 0.05) is 82.1 Å². The van der Waals surface area contributed by atoms with Gasteiger partial charge in [-0.1, -0.05) is 50.6 Å². The quantitative estimate of drug-likeness (QED) is 0.0695. The van der Waals surface area contributed by atoms with E-state index < -0.39 is 83.8 Å². The number of aromatic nitrogens is 2. The predicted molar refractivity (Wildman–Crippen MR) is 224 cm³/mol. The van der Waals surface area contributed by atoms with Gasteiger partial charge in [-0.05, 0) is 56.6 Å². The molecule has 0 radical (unpaired) electrons. The van der Waals surface area contributed by atoms with Gasteiger partial charge in [0.2, 0.25) is 11.8 Å². The summed E-state index contributed by atoms with van der Waals surface area (Å²) in [5.41, 5.74) is 6.99. The maximum atomic E-state index is 14.2. The number of nitrogens with one attached hydrogen (secondary N) is 2. The third kappa shape index (κ3) is 17.3. The minimum atomic E-state index is -1.32. The number of carbonyl (C=O) groups is 9. The number of rotatable bonds is 30. The largest absolute Gasteiger partial charge is 0.481 e. The van der Waals surface area contributed by atoms with Crippen molar-refractivity contribution >= 4 is 52.7 Å². The van der Waals surface area contributed by atoms with Gasteiger partial charge in [-0.2, -0.15) is 0 Å².